The number of rotatable bonds is 4. The predicted octanol–water partition coefficient (Wildman–Crippen LogP) is 6.13. The molecule has 2 aromatic rings. The van der Waals surface area contributed by atoms with Gasteiger partial charge in [0.05, 0.1) is 0 Å². The summed E-state index contributed by atoms with van der Waals surface area (Å²) < 4.78 is 0. The average Bonchev–Trinajstić information content (AvgIpc) is 2.50. The Hall–Kier alpha value is -3.20. The third kappa shape index (κ3) is 3.88. The van der Waals surface area contributed by atoms with Crippen molar-refractivity contribution < 1.29 is 0 Å². The van der Waals surface area contributed by atoms with Crippen LogP contribution in [0.5, 0.6) is 0 Å². The van der Waals surface area contributed by atoms with Crippen molar-refractivity contribution in [3.05, 3.63) is 80.5 Å². The Morgan fingerprint density at radius 1 is 0.857 bits per heavy atom. The fourth-order valence-corrected chi connectivity index (χ4v) is 1.86. The molecule has 0 heterocycles. The summed E-state index contributed by atoms with van der Waals surface area (Å²) in [6.45, 7) is 2.00. The van der Waals surface area contributed by atoms with Gasteiger partial charge in [-0.15, -0.1) is 0 Å². The quantitative estimate of drug-likeness (QED) is 0.278. The van der Waals surface area contributed by atoms with E-state index >= 15 is 0 Å². The number of hydrogen-bond donors (Lipinski definition) is 0. The largest absolute Gasteiger partial charge is 0.0608 e. The third-order valence-corrected chi connectivity index (χ3v) is 2.92. The highest BCUT2D eigenvalue weighted by Crippen LogP contribution is 2.22. The maximum atomic E-state index is 8.37. The van der Waals surface area contributed by atoms with Gasteiger partial charge in [-0.2, -0.15) is 0 Å². The first-order chi connectivity index (χ1) is 10.2. The Morgan fingerprint density at radius 2 is 1.33 bits per heavy atom. The van der Waals surface area contributed by atoms with Crippen LogP contribution < -0.4 is 0 Å². The molecule has 0 fully saturated rings. The van der Waals surface area contributed by atoms with E-state index < -0.39 is 0 Å². The smallest absolute Gasteiger partial charge is 0.0375 e. The highest BCUT2D eigenvalue weighted by molar-refractivity contribution is 5.80. The first-order valence-corrected chi connectivity index (χ1v) is 6.22. The standard InChI is InChI=1S/C15H12N6/c1-11(13-4-8-15(9-5-13)19-21-17)10-12-2-6-14(7-3-12)18-20-16/h2-10H,1H3/b11-10+. The normalized spacial score (nSPS) is 10.4. The van der Waals surface area contributed by atoms with E-state index in [0.717, 1.165) is 16.7 Å². The summed E-state index contributed by atoms with van der Waals surface area (Å²) >= 11 is 0. The predicted molar refractivity (Wildman–Crippen MR) is 84.0 cm³/mol. The van der Waals surface area contributed by atoms with Gasteiger partial charge in [0.25, 0.3) is 0 Å². The molecule has 0 N–H and O–H groups in total. The van der Waals surface area contributed by atoms with Gasteiger partial charge in [0.1, 0.15) is 0 Å². The zero-order valence-electron chi connectivity index (χ0n) is 11.4. The number of allylic oxidation sites excluding steroid dienone is 1. The minimum absolute atomic E-state index is 0.589. The van der Waals surface area contributed by atoms with Gasteiger partial charge in [-0.05, 0) is 34.7 Å². The topological polar surface area (TPSA) is 97.5 Å². The molecule has 0 spiro atoms. The van der Waals surface area contributed by atoms with E-state index in [2.05, 4.69) is 20.1 Å². The molecule has 102 valence electrons. The highest BCUT2D eigenvalue weighted by Gasteiger charge is 1.97. The van der Waals surface area contributed by atoms with Gasteiger partial charge in [-0.1, -0.05) is 64.8 Å². The lowest BCUT2D eigenvalue weighted by atomic mass is 10.0. The lowest BCUT2D eigenvalue weighted by Crippen LogP contribution is -1.79. The average molecular weight is 276 g/mol. The first kappa shape index (κ1) is 14.2. The maximum Gasteiger partial charge on any atom is 0.0375 e. The van der Waals surface area contributed by atoms with Gasteiger partial charge in [0.2, 0.25) is 0 Å². The summed E-state index contributed by atoms with van der Waals surface area (Å²) in [5.74, 6) is 0. The van der Waals surface area contributed by atoms with E-state index in [9.17, 15) is 0 Å². The molecule has 0 atom stereocenters. The minimum Gasteiger partial charge on any atom is -0.0608 e. The zero-order chi connectivity index (χ0) is 15.1. The van der Waals surface area contributed by atoms with Crippen molar-refractivity contribution in [2.75, 3.05) is 0 Å². The molecular weight excluding hydrogens is 264 g/mol. The van der Waals surface area contributed by atoms with Crippen molar-refractivity contribution in [2.24, 2.45) is 10.2 Å². The van der Waals surface area contributed by atoms with E-state index in [1.54, 1.807) is 24.3 Å². The fraction of sp³-hybridized carbons (Fsp3) is 0.0667. The van der Waals surface area contributed by atoms with Crippen LogP contribution in [0.15, 0.2) is 58.8 Å². The molecule has 0 amide bonds. The monoisotopic (exact) mass is 276 g/mol. The first-order valence-electron chi connectivity index (χ1n) is 6.22. The second-order valence-corrected chi connectivity index (χ2v) is 4.34. The molecule has 21 heavy (non-hydrogen) atoms. The van der Waals surface area contributed by atoms with Crippen molar-refractivity contribution in [1.29, 1.82) is 0 Å². The van der Waals surface area contributed by atoms with Gasteiger partial charge < -0.3 is 0 Å². The maximum absolute atomic E-state index is 8.37. The molecule has 0 bridgehead atoms. The molecule has 6 heteroatoms. The van der Waals surface area contributed by atoms with Crippen LogP contribution in [-0.4, -0.2) is 0 Å². The van der Waals surface area contributed by atoms with Crippen molar-refractivity contribution in [2.45, 2.75) is 6.92 Å². The molecule has 0 aromatic heterocycles. The Morgan fingerprint density at radius 3 is 1.81 bits per heavy atom. The second kappa shape index (κ2) is 6.82. The molecule has 0 saturated carbocycles. The van der Waals surface area contributed by atoms with Crippen LogP contribution in [0, 0.1) is 0 Å². The SMILES string of the molecule is C/C(=C\c1ccc(N=[N+]=[N-])cc1)c1ccc(N=[N+]=[N-])cc1. The molecule has 2 rings (SSSR count). The van der Waals surface area contributed by atoms with Gasteiger partial charge in [0.15, 0.2) is 0 Å². The van der Waals surface area contributed by atoms with E-state index in [4.69, 9.17) is 11.1 Å². The van der Waals surface area contributed by atoms with Gasteiger partial charge in [0, 0.05) is 21.2 Å². The van der Waals surface area contributed by atoms with Crippen molar-refractivity contribution in [1.82, 2.24) is 0 Å². The van der Waals surface area contributed by atoms with Crippen LogP contribution in [-0.2, 0) is 0 Å². The summed E-state index contributed by atoms with van der Waals surface area (Å²) in [6.07, 6.45) is 2.03. The van der Waals surface area contributed by atoms with Crippen LogP contribution in [0.1, 0.15) is 18.1 Å². The van der Waals surface area contributed by atoms with E-state index in [1.165, 1.54) is 0 Å². The second-order valence-electron chi connectivity index (χ2n) is 4.34. The lowest BCUT2D eigenvalue weighted by Gasteiger charge is -2.03. The van der Waals surface area contributed by atoms with Gasteiger partial charge in [-0.3, -0.25) is 0 Å². The number of nitrogens with zero attached hydrogens (tertiary/aromatic N) is 6. The molecule has 0 unspecified atom stereocenters. The van der Waals surface area contributed by atoms with Crippen LogP contribution in [0.25, 0.3) is 32.5 Å². The molecule has 6 nitrogen and oxygen atoms in total. The zero-order valence-corrected chi connectivity index (χ0v) is 11.4. The Labute approximate surface area is 121 Å². The van der Waals surface area contributed by atoms with Crippen LogP contribution >= 0.6 is 0 Å². The van der Waals surface area contributed by atoms with Crippen molar-refractivity contribution in [3.8, 4) is 0 Å². The summed E-state index contributed by atoms with van der Waals surface area (Å²) in [5, 5.41) is 7.07. The summed E-state index contributed by atoms with van der Waals surface area (Å²) in [6, 6.07) is 14.7. The Balaban J connectivity index is 2.23. The van der Waals surface area contributed by atoms with E-state index in [-0.39, 0.29) is 0 Å². The van der Waals surface area contributed by atoms with Crippen molar-refractivity contribution >= 4 is 23.0 Å². The summed E-state index contributed by atoms with van der Waals surface area (Å²) in [7, 11) is 0. The minimum atomic E-state index is 0.589. The fourth-order valence-electron chi connectivity index (χ4n) is 1.86. The summed E-state index contributed by atoms with van der Waals surface area (Å²) in [4.78, 5) is 5.49. The van der Waals surface area contributed by atoms with Crippen LogP contribution in [0.3, 0.4) is 0 Å². The van der Waals surface area contributed by atoms with Crippen LogP contribution in [0.4, 0.5) is 11.4 Å². The number of hydrogen-bond acceptors (Lipinski definition) is 2. The van der Waals surface area contributed by atoms with Crippen molar-refractivity contribution in [3.63, 3.8) is 0 Å². The van der Waals surface area contributed by atoms with E-state index in [0.29, 0.717) is 11.4 Å². The Kier molecular flexibility index (Phi) is 4.62. The van der Waals surface area contributed by atoms with Gasteiger partial charge in [-0.25, -0.2) is 0 Å². The molecule has 0 saturated heterocycles. The number of benzene rings is 2. The molecule has 0 aliphatic rings. The highest BCUT2D eigenvalue weighted by atomic mass is 15.1. The molecule has 0 aliphatic carbocycles. The molecule has 0 aliphatic heterocycles. The van der Waals surface area contributed by atoms with E-state index in [1.807, 2.05) is 37.3 Å². The molecule has 0 radical (unpaired) electrons. The molecular formula is C15H12N6. The van der Waals surface area contributed by atoms with Gasteiger partial charge >= 0.3 is 0 Å². The lowest BCUT2D eigenvalue weighted by molar-refractivity contribution is 1.45. The Bertz CT molecular complexity index is 746. The molecule has 2 aromatic carbocycles. The van der Waals surface area contributed by atoms with Crippen LogP contribution in [0.2, 0.25) is 0 Å². The summed E-state index contributed by atoms with van der Waals surface area (Å²) in [5.41, 5.74) is 21.1. The number of azide groups is 2. The third-order valence-electron chi connectivity index (χ3n) is 2.92.